The first-order valence-electron chi connectivity index (χ1n) is 6.19. The van der Waals surface area contributed by atoms with Gasteiger partial charge in [0.1, 0.15) is 0 Å². The van der Waals surface area contributed by atoms with Gasteiger partial charge in [-0.15, -0.1) is 0 Å². The molecular weight excluding hydrogens is 172 g/mol. The predicted octanol–water partition coefficient (Wildman–Crippen LogP) is 1.86. The lowest BCUT2D eigenvalue weighted by molar-refractivity contribution is 0.313. The molecule has 14 heavy (non-hydrogen) atoms. The van der Waals surface area contributed by atoms with Crippen LogP contribution in [0.1, 0.15) is 39.0 Å². The molecule has 0 radical (unpaired) electrons. The van der Waals surface area contributed by atoms with Crippen molar-refractivity contribution in [2.24, 2.45) is 5.92 Å². The molecule has 82 valence electrons. The van der Waals surface area contributed by atoms with E-state index in [1.807, 2.05) is 0 Å². The molecule has 2 aliphatic rings. The summed E-state index contributed by atoms with van der Waals surface area (Å²) >= 11 is 0. The van der Waals surface area contributed by atoms with Crippen LogP contribution in [0.4, 0.5) is 0 Å². The third-order valence-electron chi connectivity index (χ3n) is 3.51. The molecule has 0 aliphatic heterocycles. The maximum atomic E-state index is 3.63. The Morgan fingerprint density at radius 2 is 2.00 bits per heavy atom. The lowest BCUT2D eigenvalue weighted by Gasteiger charge is -2.18. The summed E-state index contributed by atoms with van der Waals surface area (Å²) in [7, 11) is 2.25. The Bertz CT molecular complexity index is 173. The number of hydrogen-bond donors (Lipinski definition) is 1. The molecule has 1 atom stereocenters. The van der Waals surface area contributed by atoms with Crippen molar-refractivity contribution in [1.29, 1.82) is 0 Å². The highest BCUT2D eigenvalue weighted by atomic mass is 15.2. The van der Waals surface area contributed by atoms with Crippen molar-refractivity contribution in [2.75, 3.05) is 20.1 Å². The van der Waals surface area contributed by atoms with E-state index in [0.29, 0.717) is 0 Å². The average Bonchev–Trinajstić information content (AvgIpc) is 2.99. The molecule has 0 aromatic heterocycles. The minimum Gasteiger partial charge on any atom is -0.313 e. The van der Waals surface area contributed by atoms with Crippen LogP contribution in [0.3, 0.4) is 0 Å². The molecule has 0 spiro atoms. The van der Waals surface area contributed by atoms with E-state index >= 15 is 0 Å². The molecule has 2 aliphatic carbocycles. The number of hydrogen-bond acceptors (Lipinski definition) is 2. The van der Waals surface area contributed by atoms with Crippen molar-refractivity contribution in [3.63, 3.8) is 0 Å². The number of likely N-dealkylation sites (N-methyl/N-ethyl adjacent to an activating group) is 1. The molecular formula is C12H24N2. The molecule has 1 N–H and O–H groups in total. The lowest BCUT2D eigenvalue weighted by Crippen LogP contribution is -2.35. The number of rotatable bonds is 7. The van der Waals surface area contributed by atoms with Gasteiger partial charge >= 0.3 is 0 Å². The molecule has 2 heteroatoms. The van der Waals surface area contributed by atoms with Gasteiger partial charge in [-0.25, -0.2) is 0 Å². The molecule has 2 nitrogen and oxygen atoms in total. The van der Waals surface area contributed by atoms with Crippen LogP contribution in [0.5, 0.6) is 0 Å². The predicted molar refractivity (Wildman–Crippen MR) is 60.5 cm³/mol. The minimum absolute atomic E-state index is 0.732. The van der Waals surface area contributed by atoms with Gasteiger partial charge in [0.15, 0.2) is 0 Å². The maximum Gasteiger partial charge on any atom is 0.0107 e. The summed E-state index contributed by atoms with van der Waals surface area (Å²) in [6, 6.07) is 1.64. The van der Waals surface area contributed by atoms with Gasteiger partial charge in [0.25, 0.3) is 0 Å². The molecule has 2 saturated carbocycles. The topological polar surface area (TPSA) is 15.3 Å². The Morgan fingerprint density at radius 1 is 1.29 bits per heavy atom. The first-order valence-corrected chi connectivity index (χ1v) is 6.19. The van der Waals surface area contributed by atoms with E-state index in [0.717, 1.165) is 18.0 Å². The second kappa shape index (κ2) is 4.63. The van der Waals surface area contributed by atoms with Crippen molar-refractivity contribution < 1.29 is 0 Å². The zero-order valence-electron chi connectivity index (χ0n) is 9.63. The summed E-state index contributed by atoms with van der Waals surface area (Å²) in [6.45, 7) is 4.72. The molecule has 1 unspecified atom stereocenters. The van der Waals surface area contributed by atoms with Gasteiger partial charge in [-0.1, -0.05) is 12.8 Å². The van der Waals surface area contributed by atoms with Crippen molar-refractivity contribution in [1.82, 2.24) is 10.2 Å². The van der Waals surface area contributed by atoms with Gasteiger partial charge in [-0.2, -0.15) is 0 Å². The van der Waals surface area contributed by atoms with Gasteiger partial charge in [-0.3, -0.25) is 0 Å². The third kappa shape index (κ3) is 3.58. The van der Waals surface area contributed by atoms with Crippen LogP contribution in [-0.2, 0) is 0 Å². The zero-order chi connectivity index (χ0) is 9.97. The van der Waals surface area contributed by atoms with E-state index in [1.165, 1.54) is 45.2 Å². The van der Waals surface area contributed by atoms with Gasteiger partial charge < -0.3 is 10.2 Å². The highest BCUT2D eigenvalue weighted by Crippen LogP contribution is 2.33. The Balaban J connectivity index is 1.48. The van der Waals surface area contributed by atoms with Crippen molar-refractivity contribution in [3.8, 4) is 0 Å². The standard InChI is InChI=1S/C12H24N2/c1-10(9-11-3-4-11)13-7-8-14(2)12-5-6-12/h10-13H,3-9H2,1-2H3. The van der Waals surface area contributed by atoms with Crippen LogP contribution >= 0.6 is 0 Å². The lowest BCUT2D eigenvalue weighted by atomic mass is 10.1. The van der Waals surface area contributed by atoms with Crippen LogP contribution < -0.4 is 5.32 Å². The summed E-state index contributed by atoms with van der Waals surface area (Å²) in [5, 5.41) is 3.63. The van der Waals surface area contributed by atoms with Gasteiger partial charge in [-0.05, 0) is 39.2 Å². The van der Waals surface area contributed by atoms with Crippen LogP contribution in [0.2, 0.25) is 0 Å². The summed E-state index contributed by atoms with van der Waals surface area (Å²) < 4.78 is 0. The van der Waals surface area contributed by atoms with E-state index in [1.54, 1.807) is 0 Å². The van der Waals surface area contributed by atoms with Crippen LogP contribution in [-0.4, -0.2) is 37.1 Å². The van der Waals surface area contributed by atoms with Gasteiger partial charge in [0, 0.05) is 25.2 Å². The highest BCUT2D eigenvalue weighted by Gasteiger charge is 2.26. The van der Waals surface area contributed by atoms with Gasteiger partial charge in [0.2, 0.25) is 0 Å². The zero-order valence-corrected chi connectivity index (χ0v) is 9.63. The second-order valence-corrected chi connectivity index (χ2v) is 5.25. The Kier molecular flexibility index (Phi) is 3.45. The van der Waals surface area contributed by atoms with Crippen molar-refractivity contribution in [3.05, 3.63) is 0 Å². The summed E-state index contributed by atoms with van der Waals surface area (Å²) in [6.07, 6.45) is 7.21. The van der Waals surface area contributed by atoms with Crippen LogP contribution in [0.15, 0.2) is 0 Å². The van der Waals surface area contributed by atoms with E-state index in [-0.39, 0.29) is 0 Å². The number of nitrogens with zero attached hydrogens (tertiary/aromatic N) is 1. The Labute approximate surface area is 88.1 Å². The fourth-order valence-corrected chi connectivity index (χ4v) is 2.12. The van der Waals surface area contributed by atoms with Gasteiger partial charge in [0.05, 0.1) is 0 Å². The first kappa shape index (κ1) is 10.4. The fourth-order valence-electron chi connectivity index (χ4n) is 2.12. The normalized spacial score (nSPS) is 24.2. The van der Waals surface area contributed by atoms with E-state index in [4.69, 9.17) is 0 Å². The molecule has 0 aromatic carbocycles. The summed E-state index contributed by atoms with van der Waals surface area (Å²) in [4.78, 5) is 2.50. The van der Waals surface area contributed by atoms with Crippen molar-refractivity contribution >= 4 is 0 Å². The van der Waals surface area contributed by atoms with E-state index < -0.39 is 0 Å². The molecule has 2 fully saturated rings. The van der Waals surface area contributed by atoms with Crippen LogP contribution in [0, 0.1) is 5.92 Å². The van der Waals surface area contributed by atoms with Crippen molar-refractivity contribution in [2.45, 2.75) is 51.1 Å². The molecule has 0 aromatic rings. The Morgan fingerprint density at radius 3 is 2.57 bits per heavy atom. The summed E-state index contributed by atoms with van der Waals surface area (Å²) in [5.41, 5.74) is 0. The largest absolute Gasteiger partial charge is 0.313 e. The Hall–Kier alpha value is -0.0800. The fraction of sp³-hybridized carbons (Fsp3) is 1.00. The smallest absolute Gasteiger partial charge is 0.0107 e. The molecule has 0 saturated heterocycles. The van der Waals surface area contributed by atoms with E-state index in [2.05, 4.69) is 24.2 Å². The molecule has 2 rings (SSSR count). The molecule has 0 amide bonds. The monoisotopic (exact) mass is 196 g/mol. The minimum atomic E-state index is 0.732. The maximum absolute atomic E-state index is 3.63. The quantitative estimate of drug-likeness (QED) is 0.668. The first-order chi connectivity index (χ1) is 6.75. The van der Waals surface area contributed by atoms with E-state index in [9.17, 15) is 0 Å². The molecule has 0 heterocycles. The second-order valence-electron chi connectivity index (χ2n) is 5.25. The summed E-state index contributed by atoms with van der Waals surface area (Å²) in [5.74, 6) is 1.05. The third-order valence-corrected chi connectivity index (χ3v) is 3.51. The molecule has 0 bridgehead atoms. The SMILES string of the molecule is CC(CC1CC1)NCCN(C)C1CC1. The average molecular weight is 196 g/mol. The number of nitrogens with one attached hydrogen (secondary N) is 1. The van der Waals surface area contributed by atoms with Crippen LogP contribution in [0.25, 0.3) is 0 Å². The highest BCUT2D eigenvalue weighted by molar-refractivity contribution is 4.83.